The van der Waals surface area contributed by atoms with E-state index in [0.29, 0.717) is 51.0 Å². The van der Waals surface area contributed by atoms with Crippen molar-refractivity contribution in [2.75, 3.05) is 25.0 Å². The van der Waals surface area contributed by atoms with Gasteiger partial charge in [0.2, 0.25) is 11.8 Å². The molecular formula is C18H29N5O4. The number of amides is 2. The zero-order valence-electron chi connectivity index (χ0n) is 15.7. The number of hydrogen-bond donors (Lipinski definition) is 3. The van der Waals surface area contributed by atoms with Gasteiger partial charge in [-0.25, -0.2) is 0 Å². The molecule has 0 aliphatic rings. The molecule has 0 heterocycles. The van der Waals surface area contributed by atoms with Crippen LogP contribution < -0.4 is 16.8 Å². The average Bonchev–Trinajstić information content (AvgIpc) is 2.65. The van der Waals surface area contributed by atoms with E-state index in [4.69, 9.17) is 11.5 Å². The summed E-state index contributed by atoms with van der Waals surface area (Å²) >= 11 is 0. The molecule has 0 spiro atoms. The van der Waals surface area contributed by atoms with Crippen LogP contribution in [0.5, 0.6) is 0 Å². The first-order valence-electron chi connectivity index (χ1n) is 9.19. The summed E-state index contributed by atoms with van der Waals surface area (Å²) in [5.41, 5.74) is 11.5. The van der Waals surface area contributed by atoms with E-state index in [9.17, 15) is 19.7 Å². The van der Waals surface area contributed by atoms with Gasteiger partial charge < -0.3 is 21.7 Å². The molecule has 1 atom stereocenters. The van der Waals surface area contributed by atoms with E-state index >= 15 is 0 Å². The quantitative estimate of drug-likeness (QED) is 0.372. The second-order valence-corrected chi connectivity index (χ2v) is 6.22. The summed E-state index contributed by atoms with van der Waals surface area (Å²) in [7, 11) is 0. The number of benzene rings is 1. The van der Waals surface area contributed by atoms with Gasteiger partial charge in [0, 0.05) is 30.8 Å². The molecule has 1 aromatic carbocycles. The van der Waals surface area contributed by atoms with Crippen molar-refractivity contribution in [1.29, 1.82) is 0 Å². The van der Waals surface area contributed by atoms with E-state index in [-0.39, 0.29) is 17.5 Å². The van der Waals surface area contributed by atoms with Crippen LogP contribution >= 0.6 is 0 Å². The number of carbonyl (C=O) groups is 2. The summed E-state index contributed by atoms with van der Waals surface area (Å²) in [4.78, 5) is 37.2. The standard InChI is InChI=1S/C18H29N5O4/c1-2-13-22(17(24)6-4-12-20)16(5-3-11-19)18(25)21-14-7-9-15(10-8-14)23(26)27/h7-10,16H,2-6,11-13,19-20H2,1H3,(H,21,25)/t16-/m0/s1. The number of rotatable bonds is 12. The first-order chi connectivity index (χ1) is 12.9. The van der Waals surface area contributed by atoms with Crippen LogP contribution in [0.25, 0.3) is 0 Å². The van der Waals surface area contributed by atoms with Gasteiger partial charge in [0.15, 0.2) is 0 Å². The fourth-order valence-electron chi connectivity index (χ4n) is 2.72. The third-order valence-corrected chi connectivity index (χ3v) is 4.09. The fraction of sp³-hybridized carbons (Fsp3) is 0.556. The highest BCUT2D eigenvalue weighted by atomic mass is 16.6. The topological polar surface area (TPSA) is 145 Å². The molecule has 0 aliphatic carbocycles. The minimum atomic E-state index is -0.644. The molecule has 5 N–H and O–H groups in total. The summed E-state index contributed by atoms with van der Waals surface area (Å²) < 4.78 is 0. The molecule has 0 saturated heterocycles. The average molecular weight is 379 g/mol. The Labute approximate surface area is 159 Å². The molecule has 0 fully saturated rings. The van der Waals surface area contributed by atoms with Crippen molar-refractivity contribution in [2.45, 2.75) is 45.1 Å². The highest BCUT2D eigenvalue weighted by Crippen LogP contribution is 2.18. The lowest BCUT2D eigenvalue weighted by Crippen LogP contribution is -2.48. The van der Waals surface area contributed by atoms with E-state index in [1.165, 1.54) is 24.3 Å². The van der Waals surface area contributed by atoms with Crippen LogP contribution in [0.4, 0.5) is 11.4 Å². The molecule has 1 aromatic rings. The van der Waals surface area contributed by atoms with Gasteiger partial charge in [-0.15, -0.1) is 0 Å². The minimum absolute atomic E-state index is 0.0581. The van der Waals surface area contributed by atoms with Gasteiger partial charge in [-0.1, -0.05) is 6.92 Å². The van der Waals surface area contributed by atoms with Gasteiger partial charge in [0.05, 0.1) is 4.92 Å². The third kappa shape index (κ3) is 7.32. The molecule has 1 rings (SSSR count). The number of nitro benzene ring substituents is 1. The lowest BCUT2D eigenvalue weighted by Gasteiger charge is -2.31. The third-order valence-electron chi connectivity index (χ3n) is 4.09. The number of carbonyl (C=O) groups excluding carboxylic acids is 2. The summed E-state index contributed by atoms with van der Waals surface area (Å²) in [6.07, 6.45) is 2.62. The molecule has 9 heteroatoms. The number of nitrogens with zero attached hydrogens (tertiary/aromatic N) is 2. The molecule has 0 unspecified atom stereocenters. The summed E-state index contributed by atoms with van der Waals surface area (Å²) in [6.45, 7) is 3.23. The van der Waals surface area contributed by atoms with Crippen LogP contribution in [-0.4, -0.2) is 47.3 Å². The molecule has 0 bridgehead atoms. The molecular weight excluding hydrogens is 350 g/mol. The highest BCUT2D eigenvalue weighted by molar-refractivity contribution is 5.97. The monoisotopic (exact) mass is 379 g/mol. The van der Waals surface area contributed by atoms with Gasteiger partial charge in [0.25, 0.3) is 5.69 Å². The first kappa shape index (κ1) is 22.5. The normalized spacial score (nSPS) is 11.7. The molecule has 0 saturated carbocycles. The van der Waals surface area contributed by atoms with Crippen LogP contribution in [0.15, 0.2) is 24.3 Å². The number of nitrogens with one attached hydrogen (secondary N) is 1. The maximum Gasteiger partial charge on any atom is 0.269 e. The number of non-ortho nitro benzene ring substituents is 1. The zero-order chi connectivity index (χ0) is 20.2. The SMILES string of the molecule is CCCN(C(=O)CCCN)[C@@H](CCCN)C(=O)Nc1ccc([N+](=O)[O-])cc1. The summed E-state index contributed by atoms with van der Waals surface area (Å²) in [6, 6.07) is 4.93. The van der Waals surface area contributed by atoms with Crippen LogP contribution in [0.2, 0.25) is 0 Å². The van der Waals surface area contributed by atoms with Crippen molar-refractivity contribution < 1.29 is 14.5 Å². The van der Waals surface area contributed by atoms with Crippen LogP contribution in [-0.2, 0) is 9.59 Å². The minimum Gasteiger partial charge on any atom is -0.331 e. The molecule has 150 valence electrons. The lowest BCUT2D eigenvalue weighted by atomic mass is 10.1. The van der Waals surface area contributed by atoms with Crippen LogP contribution in [0.3, 0.4) is 0 Å². The van der Waals surface area contributed by atoms with Crippen LogP contribution in [0.1, 0.15) is 39.0 Å². The van der Waals surface area contributed by atoms with Crippen molar-refractivity contribution in [3.05, 3.63) is 34.4 Å². The number of hydrogen-bond acceptors (Lipinski definition) is 6. The van der Waals surface area contributed by atoms with Crippen molar-refractivity contribution in [1.82, 2.24) is 4.90 Å². The number of anilines is 1. The van der Waals surface area contributed by atoms with Crippen molar-refractivity contribution in [3.8, 4) is 0 Å². The summed E-state index contributed by atoms with van der Waals surface area (Å²) in [5.74, 6) is -0.435. The van der Waals surface area contributed by atoms with Gasteiger partial charge in [-0.2, -0.15) is 0 Å². The van der Waals surface area contributed by atoms with Crippen LogP contribution in [0, 0.1) is 10.1 Å². The highest BCUT2D eigenvalue weighted by Gasteiger charge is 2.28. The van der Waals surface area contributed by atoms with E-state index in [2.05, 4.69) is 5.32 Å². The van der Waals surface area contributed by atoms with Gasteiger partial charge >= 0.3 is 0 Å². The van der Waals surface area contributed by atoms with E-state index in [1.54, 1.807) is 4.90 Å². The van der Waals surface area contributed by atoms with Gasteiger partial charge in [-0.05, 0) is 50.9 Å². The molecule has 9 nitrogen and oxygen atoms in total. The molecule has 0 aromatic heterocycles. The van der Waals surface area contributed by atoms with Crippen molar-refractivity contribution in [3.63, 3.8) is 0 Å². The van der Waals surface area contributed by atoms with Gasteiger partial charge in [-0.3, -0.25) is 19.7 Å². The van der Waals surface area contributed by atoms with Crippen molar-refractivity contribution >= 4 is 23.2 Å². The maximum absolute atomic E-state index is 12.8. The zero-order valence-corrected chi connectivity index (χ0v) is 15.7. The van der Waals surface area contributed by atoms with E-state index in [0.717, 1.165) is 6.42 Å². The second kappa shape index (κ2) is 12.0. The Balaban J connectivity index is 2.94. The maximum atomic E-state index is 12.8. The molecule has 2 amide bonds. The predicted octanol–water partition coefficient (Wildman–Crippen LogP) is 1.62. The second-order valence-electron chi connectivity index (χ2n) is 6.22. The fourth-order valence-corrected chi connectivity index (χ4v) is 2.72. The Kier molecular flexibility index (Phi) is 9.99. The summed E-state index contributed by atoms with van der Waals surface area (Å²) in [5, 5.41) is 13.5. The van der Waals surface area contributed by atoms with Crippen molar-refractivity contribution in [2.24, 2.45) is 11.5 Å². The molecule has 27 heavy (non-hydrogen) atoms. The Bertz CT molecular complexity index is 621. The van der Waals surface area contributed by atoms with E-state index in [1.807, 2.05) is 6.92 Å². The molecule has 0 aliphatic heterocycles. The predicted molar refractivity (Wildman–Crippen MR) is 104 cm³/mol. The number of nitro groups is 1. The lowest BCUT2D eigenvalue weighted by molar-refractivity contribution is -0.384. The Morgan fingerprint density at radius 2 is 1.81 bits per heavy atom. The number of nitrogens with two attached hydrogens (primary N) is 2. The van der Waals surface area contributed by atoms with E-state index < -0.39 is 11.0 Å². The Morgan fingerprint density at radius 1 is 1.19 bits per heavy atom. The smallest absolute Gasteiger partial charge is 0.269 e. The Morgan fingerprint density at radius 3 is 2.33 bits per heavy atom. The molecule has 0 radical (unpaired) electrons. The van der Waals surface area contributed by atoms with Gasteiger partial charge in [0.1, 0.15) is 6.04 Å². The first-order valence-corrected chi connectivity index (χ1v) is 9.19. The Hall–Kier alpha value is -2.52. The largest absolute Gasteiger partial charge is 0.331 e.